The molecule has 0 aliphatic rings. The number of nitrogens with one attached hydrogen (secondary N) is 1. The zero-order chi connectivity index (χ0) is 22.2. The second kappa shape index (κ2) is 11.1. The standard InChI is InChI=1S/C22H27N5O2S2/c1-4-12-26(14-19(28)23-17-10-7-6-9-16(17)3)20(29)15-31-22-25-24-21(27(22)5-2)18-11-8-13-30-18/h6-11,13H,4-5,12,14-15H2,1-3H3,(H,23,28). The van der Waals surface area contributed by atoms with Gasteiger partial charge in [-0.15, -0.1) is 21.5 Å². The molecule has 0 saturated carbocycles. The third-order valence-electron chi connectivity index (χ3n) is 4.70. The maximum absolute atomic E-state index is 12.9. The first-order chi connectivity index (χ1) is 15.0. The summed E-state index contributed by atoms with van der Waals surface area (Å²) in [6.45, 7) is 7.24. The Balaban J connectivity index is 1.62. The first-order valence-electron chi connectivity index (χ1n) is 10.3. The van der Waals surface area contributed by atoms with Gasteiger partial charge in [-0.25, -0.2) is 0 Å². The molecular formula is C22H27N5O2S2. The summed E-state index contributed by atoms with van der Waals surface area (Å²) in [7, 11) is 0. The summed E-state index contributed by atoms with van der Waals surface area (Å²) in [4.78, 5) is 28.0. The minimum Gasteiger partial charge on any atom is -0.333 e. The summed E-state index contributed by atoms with van der Waals surface area (Å²) in [5.74, 6) is 0.739. The number of aromatic nitrogens is 3. The van der Waals surface area contributed by atoms with E-state index in [1.807, 2.05) is 67.1 Å². The van der Waals surface area contributed by atoms with Gasteiger partial charge in [-0.05, 0) is 43.3 Å². The van der Waals surface area contributed by atoms with Crippen LogP contribution in [0, 0.1) is 6.92 Å². The molecule has 1 N–H and O–H groups in total. The second-order valence-corrected chi connectivity index (χ2v) is 8.89. The molecule has 7 nitrogen and oxygen atoms in total. The van der Waals surface area contributed by atoms with E-state index in [2.05, 4.69) is 15.5 Å². The quantitative estimate of drug-likeness (QED) is 0.459. The van der Waals surface area contributed by atoms with Crippen molar-refractivity contribution >= 4 is 40.6 Å². The first kappa shape index (κ1) is 23.0. The molecule has 2 amide bonds. The van der Waals surface area contributed by atoms with Crippen LogP contribution in [0.2, 0.25) is 0 Å². The Bertz CT molecular complexity index is 1020. The minimum absolute atomic E-state index is 0.0302. The molecule has 0 radical (unpaired) electrons. The molecule has 0 atom stereocenters. The number of benzene rings is 1. The molecule has 0 aliphatic heterocycles. The summed E-state index contributed by atoms with van der Waals surface area (Å²) in [5.41, 5.74) is 1.75. The average molecular weight is 458 g/mol. The van der Waals surface area contributed by atoms with Gasteiger partial charge in [0.2, 0.25) is 11.8 Å². The minimum atomic E-state index is -0.196. The van der Waals surface area contributed by atoms with Gasteiger partial charge in [-0.2, -0.15) is 0 Å². The number of carbonyl (C=O) groups excluding carboxylic acids is 2. The van der Waals surface area contributed by atoms with Crippen LogP contribution in [0.3, 0.4) is 0 Å². The van der Waals surface area contributed by atoms with Crippen molar-refractivity contribution in [2.45, 2.75) is 38.9 Å². The van der Waals surface area contributed by atoms with Crippen LogP contribution >= 0.6 is 23.1 Å². The smallest absolute Gasteiger partial charge is 0.244 e. The van der Waals surface area contributed by atoms with Gasteiger partial charge >= 0.3 is 0 Å². The molecule has 2 aromatic heterocycles. The van der Waals surface area contributed by atoms with Crippen LogP contribution in [0.1, 0.15) is 25.8 Å². The zero-order valence-electron chi connectivity index (χ0n) is 18.0. The maximum Gasteiger partial charge on any atom is 0.244 e. The van der Waals surface area contributed by atoms with Gasteiger partial charge in [-0.1, -0.05) is 43.0 Å². The predicted molar refractivity (Wildman–Crippen MR) is 126 cm³/mol. The van der Waals surface area contributed by atoms with Crippen LogP contribution in [0.5, 0.6) is 0 Å². The summed E-state index contributed by atoms with van der Waals surface area (Å²) >= 11 is 2.97. The molecule has 0 aliphatic carbocycles. The number of amides is 2. The fraction of sp³-hybridized carbons (Fsp3) is 0.364. The van der Waals surface area contributed by atoms with Crippen molar-refractivity contribution in [3.05, 3.63) is 47.3 Å². The van der Waals surface area contributed by atoms with Crippen molar-refractivity contribution in [2.24, 2.45) is 0 Å². The van der Waals surface area contributed by atoms with Crippen molar-refractivity contribution in [1.82, 2.24) is 19.7 Å². The van der Waals surface area contributed by atoms with Gasteiger partial charge in [0.05, 0.1) is 17.2 Å². The lowest BCUT2D eigenvalue weighted by Crippen LogP contribution is -2.39. The lowest BCUT2D eigenvalue weighted by molar-refractivity contribution is -0.132. The van der Waals surface area contributed by atoms with E-state index in [0.29, 0.717) is 18.2 Å². The second-order valence-electron chi connectivity index (χ2n) is 6.99. The van der Waals surface area contributed by atoms with Crippen molar-refractivity contribution in [3.8, 4) is 10.7 Å². The molecule has 9 heteroatoms. The molecule has 0 bridgehead atoms. The molecule has 0 saturated heterocycles. The Kier molecular flexibility index (Phi) is 8.25. The molecule has 3 rings (SSSR count). The van der Waals surface area contributed by atoms with Crippen molar-refractivity contribution < 1.29 is 9.59 Å². The molecule has 3 aromatic rings. The highest BCUT2D eigenvalue weighted by Gasteiger charge is 2.20. The Hall–Kier alpha value is -2.65. The maximum atomic E-state index is 12.9. The fourth-order valence-electron chi connectivity index (χ4n) is 3.12. The first-order valence-corrected chi connectivity index (χ1v) is 12.1. The molecule has 164 valence electrons. The van der Waals surface area contributed by atoms with E-state index >= 15 is 0 Å². The van der Waals surface area contributed by atoms with E-state index in [1.54, 1.807) is 16.2 Å². The number of rotatable bonds is 10. The molecule has 1 aromatic carbocycles. The topological polar surface area (TPSA) is 80.1 Å². The fourth-order valence-corrected chi connectivity index (χ4v) is 4.75. The number of hydrogen-bond acceptors (Lipinski definition) is 6. The highest BCUT2D eigenvalue weighted by Crippen LogP contribution is 2.27. The van der Waals surface area contributed by atoms with Gasteiger partial charge < -0.3 is 14.8 Å². The third kappa shape index (κ3) is 5.95. The summed E-state index contributed by atoms with van der Waals surface area (Å²) in [5, 5.41) is 14.2. The Morgan fingerprint density at radius 2 is 1.97 bits per heavy atom. The highest BCUT2D eigenvalue weighted by molar-refractivity contribution is 7.99. The van der Waals surface area contributed by atoms with Gasteiger partial charge in [0.1, 0.15) is 0 Å². The number of nitrogens with zero attached hydrogens (tertiary/aromatic N) is 4. The van der Waals surface area contributed by atoms with Crippen LogP contribution in [0.25, 0.3) is 10.7 Å². The molecule has 0 fully saturated rings. The van der Waals surface area contributed by atoms with Gasteiger partial charge in [0.25, 0.3) is 0 Å². The number of thiophene rings is 1. The Morgan fingerprint density at radius 3 is 2.65 bits per heavy atom. The van der Waals surface area contributed by atoms with Crippen molar-refractivity contribution in [1.29, 1.82) is 0 Å². The normalized spacial score (nSPS) is 10.8. The van der Waals surface area contributed by atoms with E-state index < -0.39 is 0 Å². The SMILES string of the molecule is CCCN(CC(=O)Nc1ccccc1C)C(=O)CSc1nnc(-c2cccs2)n1CC. The van der Waals surface area contributed by atoms with E-state index in [9.17, 15) is 9.59 Å². The Morgan fingerprint density at radius 1 is 1.16 bits per heavy atom. The lowest BCUT2D eigenvalue weighted by Gasteiger charge is -2.21. The van der Waals surface area contributed by atoms with Gasteiger partial charge in [0, 0.05) is 18.8 Å². The van der Waals surface area contributed by atoms with Crippen LogP contribution in [-0.4, -0.2) is 50.3 Å². The Labute approximate surface area is 190 Å². The number of para-hydroxylation sites is 1. The van der Waals surface area contributed by atoms with Gasteiger partial charge in [-0.3, -0.25) is 9.59 Å². The monoisotopic (exact) mass is 457 g/mol. The van der Waals surface area contributed by atoms with E-state index in [-0.39, 0.29) is 24.1 Å². The van der Waals surface area contributed by atoms with E-state index in [1.165, 1.54) is 11.8 Å². The predicted octanol–water partition coefficient (Wildman–Crippen LogP) is 4.30. The lowest BCUT2D eigenvalue weighted by atomic mass is 10.2. The van der Waals surface area contributed by atoms with Crippen molar-refractivity contribution in [2.75, 3.05) is 24.2 Å². The number of aryl methyl sites for hydroxylation is 1. The zero-order valence-corrected chi connectivity index (χ0v) is 19.6. The largest absolute Gasteiger partial charge is 0.333 e. The number of hydrogen-bond donors (Lipinski definition) is 1. The van der Waals surface area contributed by atoms with Crippen LogP contribution in [0.4, 0.5) is 5.69 Å². The molecule has 0 unspecified atom stereocenters. The highest BCUT2D eigenvalue weighted by atomic mass is 32.2. The van der Waals surface area contributed by atoms with Gasteiger partial charge in [0.15, 0.2) is 11.0 Å². The number of thioether (sulfide) groups is 1. The molecule has 2 heterocycles. The third-order valence-corrected chi connectivity index (χ3v) is 6.52. The average Bonchev–Trinajstić information content (AvgIpc) is 3.42. The summed E-state index contributed by atoms with van der Waals surface area (Å²) in [6.07, 6.45) is 0.779. The van der Waals surface area contributed by atoms with Crippen LogP contribution in [0.15, 0.2) is 46.9 Å². The van der Waals surface area contributed by atoms with Crippen molar-refractivity contribution in [3.63, 3.8) is 0 Å². The van der Waals surface area contributed by atoms with Crippen LogP contribution in [-0.2, 0) is 16.1 Å². The molecule has 0 spiro atoms. The number of carbonyl (C=O) groups is 2. The number of anilines is 1. The summed E-state index contributed by atoms with van der Waals surface area (Å²) in [6, 6.07) is 11.6. The van der Waals surface area contributed by atoms with Crippen LogP contribution < -0.4 is 5.32 Å². The van der Waals surface area contributed by atoms with E-state index in [0.717, 1.165) is 28.4 Å². The van der Waals surface area contributed by atoms with E-state index in [4.69, 9.17) is 0 Å². The molecular weight excluding hydrogens is 430 g/mol. The molecule has 31 heavy (non-hydrogen) atoms. The summed E-state index contributed by atoms with van der Waals surface area (Å²) < 4.78 is 2.01.